The van der Waals surface area contributed by atoms with Gasteiger partial charge in [-0.25, -0.2) is 0 Å². The number of halogens is 1. The third-order valence-corrected chi connectivity index (χ3v) is 3.00. The molecule has 0 bridgehead atoms. The average Bonchev–Trinajstić information content (AvgIpc) is 2.31. The second-order valence-electron chi connectivity index (χ2n) is 4.02. The maximum atomic E-state index is 11.3. The highest BCUT2D eigenvalue weighted by atomic mass is 35.5. The molecule has 92 valence electrons. The molecule has 4 nitrogen and oxygen atoms in total. The first-order valence-electron chi connectivity index (χ1n) is 5.50. The summed E-state index contributed by atoms with van der Waals surface area (Å²) in [6.45, 7) is 2.70. The number of piperazine rings is 1. The molecular weight excluding hydrogens is 240 g/mol. The molecule has 0 radical (unpaired) electrons. The van der Waals surface area contributed by atoms with E-state index in [2.05, 4.69) is 10.2 Å². The van der Waals surface area contributed by atoms with Crippen molar-refractivity contribution in [3.8, 4) is 5.75 Å². The van der Waals surface area contributed by atoms with Crippen molar-refractivity contribution < 1.29 is 9.53 Å². The number of methoxy groups -OCH3 is 1. The molecule has 1 aliphatic rings. The van der Waals surface area contributed by atoms with Crippen LogP contribution in [-0.4, -0.2) is 37.6 Å². The van der Waals surface area contributed by atoms with Crippen molar-refractivity contribution in [1.29, 1.82) is 0 Å². The fourth-order valence-corrected chi connectivity index (χ4v) is 2.08. The van der Waals surface area contributed by atoms with E-state index in [0.717, 1.165) is 17.9 Å². The zero-order valence-corrected chi connectivity index (χ0v) is 10.5. The van der Waals surface area contributed by atoms with E-state index >= 15 is 0 Å². The van der Waals surface area contributed by atoms with Crippen LogP contribution < -0.4 is 10.1 Å². The fraction of sp³-hybridized carbons (Fsp3) is 0.417. The van der Waals surface area contributed by atoms with Gasteiger partial charge in [-0.2, -0.15) is 0 Å². The van der Waals surface area contributed by atoms with E-state index in [4.69, 9.17) is 16.3 Å². The number of amides is 1. The molecule has 0 saturated carbocycles. The van der Waals surface area contributed by atoms with Crippen LogP contribution in [0.3, 0.4) is 0 Å². The lowest BCUT2D eigenvalue weighted by Crippen LogP contribution is -2.47. The van der Waals surface area contributed by atoms with Crippen LogP contribution >= 0.6 is 11.6 Å². The summed E-state index contributed by atoms with van der Waals surface area (Å²) >= 11 is 5.90. The number of carbonyl (C=O) groups is 1. The highest BCUT2D eigenvalue weighted by molar-refractivity contribution is 6.30. The van der Waals surface area contributed by atoms with Gasteiger partial charge in [-0.3, -0.25) is 9.69 Å². The van der Waals surface area contributed by atoms with Gasteiger partial charge in [-0.15, -0.1) is 0 Å². The predicted octanol–water partition coefficient (Wildman–Crippen LogP) is 1.28. The van der Waals surface area contributed by atoms with E-state index in [1.165, 1.54) is 0 Å². The van der Waals surface area contributed by atoms with Crippen molar-refractivity contribution in [3.63, 3.8) is 0 Å². The Morgan fingerprint density at radius 3 is 3.06 bits per heavy atom. The smallest absolute Gasteiger partial charge is 0.234 e. The van der Waals surface area contributed by atoms with Gasteiger partial charge < -0.3 is 10.1 Å². The SMILES string of the molecule is COc1cc(Cl)ccc1CN1CCNC(=O)C1. The van der Waals surface area contributed by atoms with Gasteiger partial charge in [0.2, 0.25) is 5.91 Å². The van der Waals surface area contributed by atoms with Gasteiger partial charge in [0.25, 0.3) is 0 Å². The summed E-state index contributed by atoms with van der Waals surface area (Å²) in [4.78, 5) is 13.4. The Hall–Kier alpha value is -1.26. The zero-order valence-electron chi connectivity index (χ0n) is 9.70. The summed E-state index contributed by atoms with van der Waals surface area (Å²) in [5.74, 6) is 0.840. The van der Waals surface area contributed by atoms with Crippen LogP contribution in [0.5, 0.6) is 5.75 Å². The van der Waals surface area contributed by atoms with E-state index < -0.39 is 0 Å². The Morgan fingerprint density at radius 1 is 1.53 bits per heavy atom. The van der Waals surface area contributed by atoms with Gasteiger partial charge in [0, 0.05) is 30.2 Å². The molecule has 1 fully saturated rings. The van der Waals surface area contributed by atoms with Crippen molar-refractivity contribution in [2.24, 2.45) is 0 Å². The van der Waals surface area contributed by atoms with Gasteiger partial charge in [0.1, 0.15) is 5.75 Å². The van der Waals surface area contributed by atoms with E-state index in [0.29, 0.717) is 24.7 Å². The van der Waals surface area contributed by atoms with Gasteiger partial charge >= 0.3 is 0 Å². The Labute approximate surface area is 106 Å². The van der Waals surface area contributed by atoms with E-state index in [-0.39, 0.29) is 5.91 Å². The summed E-state index contributed by atoms with van der Waals surface area (Å²) in [5.41, 5.74) is 1.05. The molecule has 0 aliphatic carbocycles. The molecule has 17 heavy (non-hydrogen) atoms. The van der Waals surface area contributed by atoms with Gasteiger partial charge in [-0.1, -0.05) is 17.7 Å². The molecule has 1 saturated heterocycles. The number of benzene rings is 1. The van der Waals surface area contributed by atoms with Crippen molar-refractivity contribution in [2.45, 2.75) is 6.54 Å². The Morgan fingerprint density at radius 2 is 2.35 bits per heavy atom. The Kier molecular flexibility index (Phi) is 3.86. The summed E-state index contributed by atoms with van der Waals surface area (Å²) < 4.78 is 5.28. The topological polar surface area (TPSA) is 41.6 Å². The molecule has 0 spiro atoms. The minimum atomic E-state index is 0.0733. The summed E-state index contributed by atoms with van der Waals surface area (Å²) in [6, 6.07) is 5.57. The van der Waals surface area contributed by atoms with Crippen molar-refractivity contribution >= 4 is 17.5 Å². The second-order valence-corrected chi connectivity index (χ2v) is 4.45. The third-order valence-electron chi connectivity index (χ3n) is 2.76. The number of ether oxygens (including phenoxy) is 1. The first kappa shape index (κ1) is 12.2. The number of nitrogens with zero attached hydrogens (tertiary/aromatic N) is 1. The van der Waals surface area contributed by atoms with E-state index in [1.54, 1.807) is 13.2 Å². The van der Waals surface area contributed by atoms with E-state index in [1.807, 2.05) is 12.1 Å². The molecule has 1 amide bonds. The van der Waals surface area contributed by atoms with Crippen LogP contribution in [-0.2, 0) is 11.3 Å². The fourth-order valence-electron chi connectivity index (χ4n) is 1.92. The summed E-state index contributed by atoms with van der Waals surface area (Å²) in [5, 5.41) is 3.46. The molecule has 5 heteroatoms. The molecule has 0 unspecified atom stereocenters. The van der Waals surface area contributed by atoms with E-state index in [9.17, 15) is 4.79 Å². The molecular formula is C12H15ClN2O2. The first-order valence-corrected chi connectivity index (χ1v) is 5.88. The minimum absolute atomic E-state index is 0.0733. The molecule has 1 aliphatic heterocycles. The van der Waals surface area contributed by atoms with Gasteiger partial charge in [-0.05, 0) is 12.1 Å². The molecule has 0 aromatic heterocycles. The van der Waals surface area contributed by atoms with Crippen LogP contribution in [0.15, 0.2) is 18.2 Å². The molecule has 1 aromatic carbocycles. The second kappa shape index (κ2) is 5.38. The number of hydrogen-bond donors (Lipinski definition) is 1. The van der Waals surface area contributed by atoms with Gasteiger partial charge in [0.15, 0.2) is 0 Å². The molecule has 0 atom stereocenters. The number of nitrogens with one attached hydrogen (secondary N) is 1. The maximum Gasteiger partial charge on any atom is 0.234 e. The summed E-state index contributed by atoms with van der Waals surface area (Å²) in [6.07, 6.45) is 0. The number of carbonyl (C=O) groups excluding carboxylic acids is 1. The Bertz CT molecular complexity index is 423. The molecule has 1 aromatic rings. The quantitative estimate of drug-likeness (QED) is 0.884. The molecule has 2 rings (SSSR count). The highest BCUT2D eigenvalue weighted by Gasteiger charge is 2.17. The largest absolute Gasteiger partial charge is 0.496 e. The van der Waals surface area contributed by atoms with Crippen LogP contribution in [0.25, 0.3) is 0 Å². The lowest BCUT2D eigenvalue weighted by Gasteiger charge is -2.27. The minimum Gasteiger partial charge on any atom is -0.496 e. The molecule has 1 heterocycles. The van der Waals surface area contributed by atoms with Gasteiger partial charge in [0.05, 0.1) is 13.7 Å². The normalized spacial score (nSPS) is 16.7. The third kappa shape index (κ3) is 3.11. The van der Waals surface area contributed by atoms with Crippen LogP contribution in [0.4, 0.5) is 0 Å². The zero-order chi connectivity index (χ0) is 12.3. The lowest BCUT2D eigenvalue weighted by molar-refractivity contribution is -0.124. The monoisotopic (exact) mass is 254 g/mol. The van der Waals surface area contributed by atoms with Crippen molar-refractivity contribution in [3.05, 3.63) is 28.8 Å². The Balaban J connectivity index is 2.09. The average molecular weight is 255 g/mol. The van der Waals surface area contributed by atoms with Crippen molar-refractivity contribution in [1.82, 2.24) is 10.2 Å². The molecule has 1 N–H and O–H groups in total. The van der Waals surface area contributed by atoms with Crippen molar-refractivity contribution in [2.75, 3.05) is 26.7 Å². The van der Waals surface area contributed by atoms with Crippen LogP contribution in [0.2, 0.25) is 5.02 Å². The number of hydrogen-bond acceptors (Lipinski definition) is 3. The highest BCUT2D eigenvalue weighted by Crippen LogP contribution is 2.24. The van der Waals surface area contributed by atoms with Crippen LogP contribution in [0.1, 0.15) is 5.56 Å². The van der Waals surface area contributed by atoms with Crippen LogP contribution in [0, 0.1) is 0 Å². The standard InChI is InChI=1S/C12H15ClN2O2/c1-17-11-6-10(13)3-2-9(11)7-15-5-4-14-12(16)8-15/h2-3,6H,4-5,7-8H2,1H3,(H,14,16). The first-order chi connectivity index (χ1) is 8.19. The number of rotatable bonds is 3. The lowest BCUT2D eigenvalue weighted by atomic mass is 10.1. The maximum absolute atomic E-state index is 11.3. The predicted molar refractivity (Wildman–Crippen MR) is 66.3 cm³/mol. The summed E-state index contributed by atoms with van der Waals surface area (Å²) in [7, 11) is 1.62.